The van der Waals surface area contributed by atoms with E-state index in [1.54, 1.807) is 30.3 Å². The summed E-state index contributed by atoms with van der Waals surface area (Å²) in [4.78, 5) is 26.0. The maximum absolute atomic E-state index is 12.6. The zero-order valence-corrected chi connectivity index (χ0v) is 17.0. The van der Waals surface area contributed by atoms with E-state index < -0.39 is 46.3 Å². The number of esters is 1. The summed E-state index contributed by atoms with van der Waals surface area (Å²) in [6.07, 6.45) is -0.581. The third-order valence-electron chi connectivity index (χ3n) is 4.52. The SMILES string of the molecule is CCOC(=O)C1(COS(=O)(=O)C(F)(F)F)CCCN(C(=O)OCc2ccccc2)C1. The number of ether oxygens (including phenoxy) is 2. The molecule has 0 N–H and O–H groups in total. The van der Waals surface area contributed by atoms with Gasteiger partial charge in [-0.05, 0) is 25.3 Å². The number of rotatable bonds is 7. The van der Waals surface area contributed by atoms with Crippen molar-refractivity contribution in [2.45, 2.75) is 31.9 Å². The molecule has 1 unspecified atom stereocenters. The minimum atomic E-state index is -5.91. The Morgan fingerprint density at radius 2 is 1.83 bits per heavy atom. The second-order valence-electron chi connectivity index (χ2n) is 6.73. The lowest BCUT2D eigenvalue weighted by Gasteiger charge is -2.39. The Kier molecular flexibility index (Phi) is 7.70. The predicted octanol–water partition coefficient (Wildman–Crippen LogP) is 2.83. The van der Waals surface area contributed by atoms with Crippen molar-refractivity contribution in [1.82, 2.24) is 4.90 Å². The Morgan fingerprint density at radius 1 is 1.17 bits per heavy atom. The van der Waals surface area contributed by atoms with Crippen molar-refractivity contribution >= 4 is 22.2 Å². The molecule has 12 heteroatoms. The molecule has 1 aromatic rings. The van der Waals surface area contributed by atoms with Gasteiger partial charge < -0.3 is 14.4 Å². The van der Waals surface area contributed by atoms with E-state index in [-0.39, 0.29) is 32.6 Å². The van der Waals surface area contributed by atoms with Crippen LogP contribution in [0.1, 0.15) is 25.3 Å². The first-order chi connectivity index (χ1) is 14.0. The van der Waals surface area contributed by atoms with Crippen LogP contribution in [0.25, 0.3) is 0 Å². The van der Waals surface area contributed by atoms with Gasteiger partial charge in [-0.2, -0.15) is 21.6 Å². The number of nitrogens with zero attached hydrogens (tertiary/aromatic N) is 1. The van der Waals surface area contributed by atoms with Gasteiger partial charge in [0.15, 0.2) is 0 Å². The summed E-state index contributed by atoms with van der Waals surface area (Å²) >= 11 is 0. The van der Waals surface area contributed by atoms with Gasteiger partial charge in [-0.25, -0.2) is 4.79 Å². The number of likely N-dealkylation sites (tertiary alicyclic amines) is 1. The third-order valence-corrected chi connectivity index (χ3v) is 5.52. The van der Waals surface area contributed by atoms with Gasteiger partial charge in [0.25, 0.3) is 0 Å². The van der Waals surface area contributed by atoms with E-state index in [0.29, 0.717) is 0 Å². The Bertz CT molecular complexity index is 845. The van der Waals surface area contributed by atoms with E-state index >= 15 is 0 Å². The highest BCUT2D eigenvalue weighted by molar-refractivity contribution is 7.87. The van der Waals surface area contributed by atoms with Gasteiger partial charge in [0, 0.05) is 13.1 Å². The number of hydrogen-bond donors (Lipinski definition) is 0. The van der Waals surface area contributed by atoms with Gasteiger partial charge in [-0.3, -0.25) is 8.98 Å². The van der Waals surface area contributed by atoms with E-state index in [4.69, 9.17) is 9.47 Å². The summed E-state index contributed by atoms with van der Waals surface area (Å²) in [6, 6.07) is 8.78. The molecule has 2 rings (SSSR count). The standard InChI is InChI=1S/C18H22F3NO7S/c1-2-27-15(23)17(13-29-30(25,26)18(19,20)21)9-6-10-22(12-17)16(24)28-11-14-7-4-3-5-8-14/h3-5,7-8H,2,6,9-13H2,1H3. The molecule has 1 atom stereocenters. The average Bonchev–Trinajstić information content (AvgIpc) is 2.71. The Labute approximate surface area is 172 Å². The Balaban J connectivity index is 2.13. The molecule has 0 bridgehead atoms. The summed E-state index contributed by atoms with van der Waals surface area (Å²) in [5.74, 6) is -0.942. The van der Waals surface area contributed by atoms with Crippen LogP contribution < -0.4 is 0 Å². The Hall–Kier alpha value is -2.34. The van der Waals surface area contributed by atoms with Gasteiger partial charge in [-0.1, -0.05) is 30.3 Å². The highest BCUT2D eigenvalue weighted by atomic mass is 32.2. The number of amides is 1. The van der Waals surface area contributed by atoms with Crippen molar-refractivity contribution in [3.05, 3.63) is 35.9 Å². The fourth-order valence-electron chi connectivity index (χ4n) is 2.98. The van der Waals surface area contributed by atoms with Crippen molar-refractivity contribution in [3.8, 4) is 0 Å². The smallest absolute Gasteiger partial charge is 0.465 e. The molecule has 1 aliphatic rings. The maximum Gasteiger partial charge on any atom is 0.523 e. The van der Waals surface area contributed by atoms with Gasteiger partial charge in [0.05, 0.1) is 13.2 Å². The number of alkyl halides is 3. The van der Waals surface area contributed by atoms with Crippen molar-refractivity contribution in [3.63, 3.8) is 0 Å². The van der Waals surface area contributed by atoms with Crippen molar-refractivity contribution in [2.24, 2.45) is 5.41 Å². The zero-order chi connectivity index (χ0) is 22.4. The summed E-state index contributed by atoms with van der Waals surface area (Å²) in [7, 11) is -5.91. The fourth-order valence-corrected chi connectivity index (χ4v) is 3.50. The first-order valence-electron chi connectivity index (χ1n) is 9.09. The molecule has 30 heavy (non-hydrogen) atoms. The van der Waals surface area contributed by atoms with Crippen LogP contribution in [-0.4, -0.2) is 57.2 Å². The molecule has 1 saturated heterocycles. The third kappa shape index (κ3) is 5.85. The number of hydrogen-bond acceptors (Lipinski definition) is 7. The lowest BCUT2D eigenvalue weighted by atomic mass is 9.80. The van der Waals surface area contributed by atoms with Gasteiger partial charge in [0.1, 0.15) is 12.0 Å². The molecule has 1 amide bonds. The van der Waals surface area contributed by atoms with Crippen LogP contribution in [0.2, 0.25) is 0 Å². The zero-order valence-electron chi connectivity index (χ0n) is 16.2. The normalized spacial score (nSPS) is 19.9. The van der Waals surface area contributed by atoms with Crippen LogP contribution >= 0.6 is 0 Å². The molecule has 1 aromatic carbocycles. The minimum Gasteiger partial charge on any atom is -0.465 e. The molecule has 8 nitrogen and oxygen atoms in total. The van der Waals surface area contributed by atoms with Crippen molar-refractivity contribution in [1.29, 1.82) is 0 Å². The predicted molar refractivity (Wildman–Crippen MR) is 97.4 cm³/mol. The van der Waals surface area contributed by atoms with E-state index in [1.165, 1.54) is 6.92 Å². The lowest BCUT2D eigenvalue weighted by molar-refractivity contribution is -0.161. The van der Waals surface area contributed by atoms with Crippen LogP contribution in [0.5, 0.6) is 0 Å². The van der Waals surface area contributed by atoms with Crippen LogP contribution in [0.3, 0.4) is 0 Å². The molecule has 1 aliphatic heterocycles. The molecule has 1 heterocycles. The summed E-state index contributed by atoms with van der Waals surface area (Å²) in [5, 5.41) is 0. The summed E-state index contributed by atoms with van der Waals surface area (Å²) < 4.78 is 74.7. The van der Waals surface area contributed by atoms with Crippen LogP contribution in [0, 0.1) is 5.41 Å². The highest BCUT2D eigenvalue weighted by Crippen LogP contribution is 2.35. The number of benzene rings is 1. The fraction of sp³-hybridized carbons (Fsp3) is 0.556. The summed E-state index contributed by atoms with van der Waals surface area (Å²) in [6.45, 7) is 0.0595. The van der Waals surface area contributed by atoms with Crippen LogP contribution in [0.4, 0.5) is 18.0 Å². The van der Waals surface area contributed by atoms with Crippen LogP contribution in [0.15, 0.2) is 30.3 Å². The van der Waals surface area contributed by atoms with Gasteiger partial charge >= 0.3 is 27.7 Å². The molecular formula is C18H22F3NO7S. The molecule has 0 aliphatic carbocycles. The number of piperidine rings is 1. The monoisotopic (exact) mass is 453 g/mol. The molecule has 168 valence electrons. The molecular weight excluding hydrogens is 431 g/mol. The number of halogens is 3. The second-order valence-corrected chi connectivity index (χ2v) is 8.34. The number of carbonyl (C=O) groups is 2. The molecule has 0 spiro atoms. The Morgan fingerprint density at radius 3 is 2.43 bits per heavy atom. The van der Waals surface area contributed by atoms with E-state index in [0.717, 1.165) is 10.5 Å². The molecule has 0 saturated carbocycles. The first kappa shape index (κ1) is 23.9. The topological polar surface area (TPSA) is 99.2 Å². The van der Waals surface area contributed by atoms with E-state index in [2.05, 4.69) is 4.18 Å². The highest BCUT2D eigenvalue weighted by Gasteiger charge is 2.52. The molecule has 0 radical (unpaired) electrons. The minimum absolute atomic E-state index is 0.0122. The van der Waals surface area contributed by atoms with E-state index in [1.807, 2.05) is 0 Å². The van der Waals surface area contributed by atoms with Crippen LogP contribution in [-0.2, 0) is 35.2 Å². The average molecular weight is 453 g/mol. The number of carbonyl (C=O) groups excluding carboxylic acids is 2. The maximum atomic E-state index is 12.6. The molecule has 1 fully saturated rings. The van der Waals surface area contributed by atoms with Gasteiger partial charge in [-0.15, -0.1) is 0 Å². The van der Waals surface area contributed by atoms with E-state index in [9.17, 15) is 31.2 Å². The summed E-state index contributed by atoms with van der Waals surface area (Å²) in [5.41, 5.74) is -6.68. The molecule has 0 aromatic heterocycles. The quantitative estimate of drug-likeness (QED) is 0.356. The van der Waals surface area contributed by atoms with Crippen molar-refractivity contribution < 1.29 is 44.8 Å². The second kappa shape index (κ2) is 9.65. The lowest BCUT2D eigenvalue weighted by Crippen LogP contribution is -2.53. The first-order valence-corrected chi connectivity index (χ1v) is 10.5. The van der Waals surface area contributed by atoms with Crippen molar-refractivity contribution in [2.75, 3.05) is 26.3 Å². The van der Waals surface area contributed by atoms with Gasteiger partial charge in [0.2, 0.25) is 0 Å². The largest absolute Gasteiger partial charge is 0.523 e.